The van der Waals surface area contributed by atoms with Crippen LogP contribution in [0, 0.1) is 12.7 Å². The molecule has 4 nitrogen and oxygen atoms in total. The van der Waals surface area contributed by atoms with Crippen molar-refractivity contribution in [2.45, 2.75) is 6.92 Å². The van der Waals surface area contributed by atoms with Crippen LogP contribution < -0.4 is 10.6 Å². The van der Waals surface area contributed by atoms with E-state index >= 15 is 0 Å². The zero-order chi connectivity index (χ0) is 16.2. The first kappa shape index (κ1) is 15.4. The lowest BCUT2D eigenvalue weighted by atomic mass is 10.3. The predicted molar refractivity (Wildman–Crippen MR) is 93.9 cm³/mol. The number of nitrogens with zero attached hydrogens (tertiary/aromatic N) is 2. The van der Waals surface area contributed by atoms with E-state index in [9.17, 15) is 4.39 Å². The molecule has 0 unspecified atom stereocenters. The van der Waals surface area contributed by atoms with Gasteiger partial charge in [-0.05, 0) is 55.5 Å². The van der Waals surface area contributed by atoms with Gasteiger partial charge in [0.15, 0.2) is 0 Å². The molecule has 3 aromatic rings. The number of aromatic nitrogens is 2. The fourth-order valence-corrected chi connectivity index (χ4v) is 2.32. The van der Waals surface area contributed by atoms with Crippen molar-refractivity contribution in [2.75, 3.05) is 10.6 Å². The summed E-state index contributed by atoms with van der Waals surface area (Å²) >= 11 is 3.41. The Bertz CT molecular complexity index is 738. The number of anilines is 4. The summed E-state index contributed by atoms with van der Waals surface area (Å²) in [6.07, 6.45) is 0. The molecule has 0 atom stereocenters. The van der Waals surface area contributed by atoms with Gasteiger partial charge in [-0.15, -0.1) is 0 Å². The highest BCUT2D eigenvalue weighted by Gasteiger charge is 2.04. The molecule has 2 N–H and O–H groups in total. The Morgan fingerprint density at radius 1 is 0.826 bits per heavy atom. The number of aryl methyl sites for hydroxylation is 1. The maximum Gasteiger partial charge on any atom is 0.136 e. The first-order chi connectivity index (χ1) is 11.1. The molecule has 0 aliphatic heterocycles. The second-order valence-corrected chi connectivity index (χ2v) is 5.87. The standard InChI is InChI=1S/C17H14BrFN4/c1-11-20-16(22-14-6-2-12(18)3-7-14)10-17(21-11)23-15-8-4-13(19)5-9-15/h2-10H,1H3,(H2,20,21,22,23). The lowest BCUT2D eigenvalue weighted by Gasteiger charge is -2.10. The van der Waals surface area contributed by atoms with Crippen LogP contribution >= 0.6 is 15.9 Å². The Hall–Kier alpha value is -2.47. The Kier molecular flexibility index (Phi) is 4.52. The molecule has 0 aliphatic rings. The average Bonchev–Trinajstić information content (AvgIpc) is 2.51. The second-order valence-electron chi connectivity index (χ2n) is 4.95. The van der Waals surface area contributed by atoms with Crippen LogP contribution in [-0.2, 0) is 0 Å². The number of benzene rings is 2. The molecule has 1 heterocycles. The van der Waals surface area contributed by atoms with Crippen molar-refractivity contribution in [1.29, 1.82) is 0 Å². The van der Waals surface area contributed by atoms with Crippen molar-refractivity contribution < 1.29 is 4.39 Å². The van der Waals surface area contributed by atoms with E-state index in [1.54, 1.807) is 18.2 Å². The molecule has 116 valence electrons. The monoisotopic (exact) mass is 372 g/mol. The van der Waals surface area contributed by atoms with Crippen LogP contribution in [0.3, 0.4) is 0 Å². The quantitative estimate of drug-likeness (QED) is 0.662. The largest absolute Gasteiger partial charge is 0.340 e. The molecule has 2 aromatic carbocycles. The number of nitrogens with one attached hydrogen (secondary N) is 2. The van der Waals surface area contributed by atoms with E-state index in [2.05, 4.69) is 36.5 Å². The number of hydrogen-bond acceptors (Lipinski definition) is 4. The van der Waals surface area contributed by atoms with Crippen LogP contribution in [0.15, 0.2) is 59.1 Å². The normalized spacial score (nSPS) is 10.4. The van der Waals surface area contributed by atoms with E-state index in [-0.39, 0.29) is 5.82 Å². The fraction of sp³-hybridized carbons (Fsp3) is 0.0588. The first-order valence-corrected chi connectivity index (χ1v) is 7.79. The molecule has 3 rings (SSSR count). The smallest absolute Gasteiger partial charge is 0.136 e. The van der Waals surface area contributed by atoms with Crippen LogP contribution in [0.1, 0.15) is 5.82 Å². The van der Waals surface area contributed by atoms with Crippen LogP contribution in [0.4, 0.5) is 27.4 Å². The molecule has 0 saturated heterocycles. The number of hydrogen-bond donors (Lipinski definition) is 2. The van der Waals surface area contributed by atoms with Crippen molar-refractivity contribution in [2.24, 2.45) is 0 Å². The number of rotatable bonds is 4. The molecule has 0 radical (unpaired) electrons. The van der Waals surface area contributed by atoms with Crippen molar-refractivity contribution in [3.05, 3.63) is 70.7 Å². The molecule has 23 heavy (non-hydrogen) atoms. The fourth-order valence-electron chi connectivity index (χ4n) is 2.06. The highest BCUT2D eigenvalue weighted by Crippen LogP contribution is 2.21. The van der Waals surface area contributed by atoms with E-state index < -0.39 is 0 Å². The SMILES string of the molecule is Cc1nc(Nc2ccc(F)cc2)cc(Nc2ccc(Br)cc2)n1. The Labute approximate surface area is 141 Å². The van der Waals surface area contributed by atoms with Crippen molar-refractivity contribution in [1.82, 2.24) is 9.97 Å². The highest BCUT2D eigenvalue weighted by molar-refractivity contribution is 9.10. The zero-order valence-corrected chi connectivity index (χ0v) is 13.9. The van der Waals surface area contributed by atoms with Gasteiger partial charge in [0.05, 0.1) is 0 Å². The minimum absolute atomic E-state index is 0.271. The van der Waals surface area contributed by atoms with Gasteiger partial charge in [-0.1, -0.05) is 15.9 Å². The second kappa shape index (κ2) is 6.75. The Morgan fingerprint density at radius 2 is 1.30 bits per heavy atom. The maximum atomic E-state index is 13.0. The molecule has 1 aromatic heterocycles. The third-order valence-electron chi connectivity index (χ3n) is 3.07. The summed E-state index contributed by atoms with van der Waals surface area (Å²) < 4.78 is 14.0. The van der Waals surface area contributed by atoms with E-state index in [1.165, 1.54) is 12.1 Å². The topological polar surface area (TPSA) is 49.8 Å². The predicted octanol–water partition coefficient (Wildman–Crippen LogP) is 5.17. The zero-order valence-electron chi connectivity index (χ0n) is 12.3. The Balaban J connectivity index is 1.81. The third-order valence-corrected chi connectivity index (χ3v) is 3.60. The Morgan fingerprint density at radius 3 is 1.83 bits per heavy atom. The summed E-state index contributed by atoms with van der Waals surface area (Å²) in [5, 5.41) is 6.38. The lowest BCUT2D eigenvalue weighted by Crippen LogP contribution is -2.01. The minimum Gasteiger partial charge on any atom is -0.340 e. The van der Waals surface area contributed by atoms with Crippen molar-refractivity contribution in [3.8, 4) is 0 Å². The van der Waals surface area contributed by atoms with Crippen LogP contribution in [0.2, 0.25) is 0 Å². The summed E-state index contributed by atoms with van der Waals surface area (Å²) in [6.45, 7) is 1.82. The summed E-state index contributed by atoms with van der Waals surface area (Å²) in [6, 6.07) is 15.7. The molecule has 6 heteroatoms. The van der Waals surface area contributed by atoms with E-state index in [0.717, 1.165) is 15.8 Å². The molecule has 0 amide bonds. The number of halogens is 2. The van der Waals surface area contributed by atoms with Gasteiger partial charge in [0.1, 0.15) is 23.3 Å². The summed E-state index contributed by atoms with van der Waals surface area (Å²) in [4.78, 5) is 8.72. The molecule has 0 saturated carbocycles. The van der Waals surface area contributed by atoms with E-state index in [1.807, 2.05) is 31.2 Å². The van der Waals surface area contributed by atoms with E-state index in [0.29, 0.717) is 17.5 Å². The summed E-state index contributed by atoms with van der Waals surface area (Å²) in [7, 11) is 0. The molecular weight excluding hydrogens is 359 g/mol. The van der Waals surface area contributed by atoms with Gasteiger partial charge in [0.2, 0.25) is 0 Å². The first-order valence-electron chi connectivity index (χ1n) is 6.99. The highest BCUT2D eigenvalue weighted by atomic mass is 79.9. The van der Waals surface area contributed by atoms with Crippen LogP contribution in [-0.4, -0.2) is 9.97 Å². The third kappa shape index (κ3) is 4.26. The summed E-state index contributed by atoms with van der Waals surface area (Å²) in [5.41, 5.74) is 1.69. The van der Waals surface area contributed by atoms with Gasteiger partial charge in [0, 0.05) is 21.9 Å². The molecule has 0 aliphatic carbocycles. The molecule has 0 bridgehead atoms. The van der Waals surface area contributed by atoms with Gasteiger partial charge in [0.25, 0.3) is 0 Å². The van der Waals surface area contributed by atoms with Gasteiger partial charge in [-0.3, -0.25) is 0 Å². The van der Waals surface area contributed by atoms with Gasteiger partial charge in [-0.2, -0.15) is 0 Å². The van der Waals surface area contributed by atoms with E-state index in [4.69, 9.17) is 0 Å². The summed E-state index contributed by atoms with van der Waals surface area (Å²) in [5.74, 6) is 1.69. The molecule has 0 fully saturated rings. The molecular formula is C17H14BrFN4. The van der Waals surface area contributed by atoms with Crippen molar-refractivity contribution in [3.63, 3.8) is 0 Å². The van der Waals surface area contributed by atoms with Gasteiger partial charge in [-0.25, -0.2) is 14.4 Å². The van der Waals surface area contributed by atoms with Crippen LogP contribution in [0.5, 0.6) is 0 Å². The molecule has 0 spiro atoms. The van der Waals surface area contributed by atoms with Crippen LogP contribution in [0.25, 0.3) is 0 Å². The average molecular weight is 373 g/mol. The van der Waals surface area contributed by atoms with Crippen molar-refractivity contribution >= 4 is 38.9 Å². The maximum absolute atomic E-state index is 13.0. The minimum atomic E-state index is -0.271. The lowest BCUT2D eigenvalue weighted by molar-refractivity contribution is 0.628. The van der Waals surface area contributed by atoms with Gasteiger partial charge < -0.3 is 10.6 Å². The van der Waals surface area contributed by atoms with Gasteiger partial charge >= 0.3 is 0 Å².